The number of piperazine rings is 1. The number of aryl methyl sites for hydroxylation is 1. The number of hydrogen-bond acceptors (Lipinski definition) is 6. The van der Waals surface area contributed by atoms with Crippen molar-refractivity contribution in [2.24, 2.45) is 5.92 Å². The summed E-state index contributed by atoms with van der Waals surface area (Å²) < 4.78 is 0. The lowest BCUT2D eigenvalue weighted by Gasteiger charge is -2.39. The van der Waals surface area contributed by atoms with Crippen molar-refractivity contribution < 1.29 is 9.59 Å². The van der Waals surface area contributed by atoms with E-state index in [9.17, 15) is 9.59 Å². The molecular weight excluding hydrogens is 378 g/mol. The van der Waals surface area contributed by atoms with Gasteiger partial charge in [-0.25, -0.2) is 0 Å². The summed E-state index contributed by atoms with van der Waals surface area (Å²) in [5.41, 5.74) is 3.57. The van der Waals surface area contributed by atoms with E-state index in [1.54, 1.807) is 0 Å². The Morgan fingerprint density at radius 1 is 1.07 bits per heavy atom. The van der Waals surface area contributed by atoms with Crippen LogP contribution in [0.4, 0.5) is 11.4 Å². The molecule has 3 heterocycles. The van der Waals surface area contributed by atoms with Gasteiger partial charge in [-0.2, -0.15) is 0 Å². The van der Waals surface area contributed by atoms with E-state index in [1.165, 1.54) is 43.7 Å². The molecule has 1 aromatic rings. The number of nitrogens with one attached hydrogen (secondary N) is 3. The highest BCUT2D eigenvalue weighted by atomic mass is 16.2. The maximum absolute atomic E-state index is 12.0. The molecule has 0 bridgehead atoms. The van der Waals surface area contributed by atoms with Gasteiger partial charge in [0.15, 0.2) is 0 Å². The van der Waals surface area contributed by atoms with Gasteiger partial charge in [-0.1, -0.05) is 6.92 Å². The number of nitrogens with zero attached hydrogens (tertiary/aromatic N) is 2. The van der Waals surface area contributed by atoms with Crippen LogP contribution in [0.3, 0.4) is 0 Å². The predicted octanol–water partition coefficient (Wildman–Crippen LogP) is 1.59. The normalized spacial score (nSPS) is 24.0. The zero-order valence-corrected chi connectivity index (χ0v) is 18.1. The minimum Gasteiger partial charge on any atom is -0.374 e. The third-order valence-electron chi connectivity index (χ3n) is 6.73. The van der Waals surface area contributed by atoms with Crippen LogP contribution in [0.5, 0.6) is 0 Å². The fourth-order valence-corrected chi connectivity index (χ4v) is 4.90. The average Bonchev–Trinajstić information content (AvgIpc) is 2.77. The topological polar surface area (TPSA) is 76.7 Å². The van der Waals surface area contributed by atoms with Gasteiger partial charge in [0.2, 0.25) is 11.8 Å². The molecule has 0 radical (unpaired) electrons. The Hall–Kier alpha value is -2.12. The van der Waals surface area contributed by atoms with E-state index in [2.05, 4.69) is 50.9 Å². The molecule has 0 saturated carbocycles. The second-order valence-electron chi connectivity index (χ2n) is 8.83. The van der Waals surface area contributed by atoms with Crippen LogP contribution in [0, 0.1) is 5.92 Å². The smallest absolute Gasteiger partial charge is 0.249 e. The number of benzene rings is 1. The van der Waals surface area contributed by atoms with Crippen molar-refractivity contribution >= 4 is 23.2 Å². The zero-order valence-electron chi connectivity index (χ0n) is 18.1. The zero-order chi connectivity index (χ0) is 20.9. The van der Waals surface area contributed by atoms with Crippen LogP contribution in [0.15, 0.2) is 18.2 Å². The van der Waals surface area contributed by atoms with Crippen molar-refractivity contribution in [2.75, 3.05) is 56.0 Å². The van der Waals surface area contributed by atoms with E-state index in [4.69, 9.17) is 0 Å². The summed E-state index contributed by atoms with van der Waals surface area (Å²) in [5, 5.41) is 9.19. The average molecular weight is 414 g/mol. The summed E-state index contributed by atoms with van der Waals surface area (Å²) in [6, 6.07) is 6.09. The number of amides is 2. The van der Waals surface area contributed by atoms with Crippen LogP contribution in [-0.2, 0) is 16.0 Å². The van der Waals surface area contributed by atoms with E-state index in [1.807, 2.05) is 0 Å². The van der Waals surface area contributed by atoms with Crippen molar-refractivity contribution in [2.45, 2.75) is 45.1 Å². The third kappa shape index (κ3) is 5.13. The lowest BCUT2D eigenvalue weighted by Crippen LogP contribution is -2.49. The first-order valence-corrected chi connectivity index (χ1v) is 11.5. The number of rotatable bonds is 6. The molecule has 7 nitrogen and oxygen atoms in total. The van der Waals surface area contributed by atoms with Gasteiger partial charge in [0.25, 0.3) is 0 Å². The highest BCUT2D eigenvalue weighted by Crippen LogP contribution is 2.27. The van der Waals surface area contributed by atoms with E-state index in [0.29, 0.717) is 12.8 Å². The summed E-state index contributed by atoms with van der Waals surface area (Å²) >= 11 is 0. The van der Waals surface area contributed by atoms with Gasteiger partial charge in [0.1, 0.15) is 6.04 Å². The molecule has 7 heteroatoms. The molecular formula is C23H35N5O2. The number of hydrogen-bond donors (Lipinski definition) is 3. The van der Waals surface area contributed by atoms with Crippen LogP contribution in [0.2, 0.25) is 0 Å². The number of piperidine rings is 2. The van der Waals surface area contributed by atoms with Crippen LogP contribution >= 0.6 is 0 Å². The first-order valence-electron chi connectivity index (χ1n) is 11.5. The molecule has 2 amide bonds. The third-order valence-corrected chi connectivity index (χ3v) is 6.73. The van der Waals surface area contributed by atoms with Crippen molar-refractivity contribution in [3.8, 4) is 0 Å². The molecule has 1 atom stereocenters. The molecule has 0 aromatic heterocycles. The van der Waals surface area contributed by atoms with Crippen molar-refractivity contribution in [3.05, 3.63) is 23.8 Å². The van der Waals surface area contributed by atoms with Crippen LogP contribution < -0.4 is 20.9 Å². The minimum atomic E-state index is -0.336. The molecule has 3 aliphatic rings. The van der Waals surface area contributed by atoms with Gasteiger partial charge in [-0.15, -0.1) is 0 Å². The lowest BCUT2D eigenvalue weighted by molar-refractivity contribution is -0.133. The van der Waals surface area contributed by atoms with E-state index >= 15 is 0 Å². The predicted molar refractivity (Wildman–Crippen MR) is 120 cm³/mol. The number of anilines is 2. The Kier molecular flexibility index (Phi) is 6.89. The summed E-state index contributed by atoms with van der Waals surface area (Å²) in [5.74, 6) is 0.446. The molecule has 1 unspecified atom stereocenters. The molecule has 3 N–H and O–H groups in total. The fourth-order valence-electron chi connectivity index (χ4n) is 4.90. The standard InChI is InChI=1S/C23H35N5O2/c1-2-18-15-19(25-20-4-6-22(29)26-23(20)30)3-5-21(18)28-13-11-27(12-14-28)16-17-7-9-24-10-8-17/h3,5,15,17,20,24-25H,2,4,6-14,16H2,1H3,(H,26,29,30). The maximum atomic E-state index is 12.0. The van der Waals surface area contributed by atoms with Crippen LogP contribution in [0.25, 0.3) is 0 Å². The second kappa shape index (κ2) is 9.79. The van der Waals surface area contributed by atoms with Gasteiger partial charge in [-0.3, -0.25) is 19.8 Å². The first-order chi connectivity index (χ1) is 14.6. The van der Waals surface area contributed by atoms with Crippen LogP contribution in [0.1, 0.15) is 38.2 Å². The van der Waals surface area contributed by atoms with E-state index < -0.39 is 0 Å². The quantitative estimate of drug-likeness (QED) is 0.615. The van der Waals surface area contributed by atoms with Gasteiger partial charge < -0.3 is 15.5 Å². The van der Waals surface area contributed by atoms with E-state index in [0.717, 1.165) is 44.2 Å². The van der Waals surface area contributed by atoms with E-state index in [-0.39, 0.29) is 17.9 Å². The molecule has 3 aliphatic heterocycles. The lowest BCUT2D eigenvalue weighted by atomic mass is 9.97. The number of carbonyl (C=O) groups is 2. The Labute approximate surface area is 179 Å². The second-order valence-corrected chi connectivity index (χ2v) is 8.83. The molecule has 164 valence electrons. The van der Waals surface area contributed by atoms with Gasteiger partial charge in [0, 0.05) is 50.5 Å². The maximum Gasteiger partial charge on any atom is 0.249 e. The number of carbonyl (C=O) groups excluding carboxylic acids is 2. The van der Waals surface area contributed by atoms with Crippen LogP contribution in [-0.4, -0.2) is 68.6 Å². The van der Waals surface area contributed by atoms with Crippen molar-refractivity contribution in [1.29, 1.82) is 0 Å². The van der Waals surface area contributed by atoms with Crippen molar-refractivity contribution in [3.63, 3.8) is 0 Å². The largest absolute Gasteiger partial charge is 0.374 e. The van der Waals surface area contributed by atoms with Gasteiger partial charge in [-0.05, 0) is 68.5 Å². The molecule has 3 fully saturated rings. The summed E-state index contributed by atoms with van der Waals surface area (Å²) in [6.07, 6.45) is 4.51. The summed E-state index contributed by atoms with van der Waals surface area (Å²) in [6.45, 7) is 10.2. The SMILES string of the molecule is CCc1cc(NC2CCC(=O)NC2=O)ccc1N1CCN(CC2CCNCC2)CC1. The Bertz CT molecular complexity index is 754. The summed E-state index contributed by atoms with van der Waals surface area (Å²) in [7, 11) is 0. The molecule has 0 aliphatic carbocycles. The Morgan fingerprint density at radius 3 is 2.53 bits per heavy atom. The molecule has 4 rings (SSSR count). The van der Waals surface area contributed by atoms with Gasteiger partial charge >= 0.3 is 0 Å². The summed E-state index contributed by atoms with van der Waals surface area (Å²) in [4.78, 5) is 28.5. The highest BCUT2D eigenvalue weighted by Gasteiger charge is 2.27. The fraction of sp³-hybridized carbons (Fsp3) is 0.652. The Balaban J connectivity index is 1.34. The molecule has 30 heavy (non-hydrogen) atoms. The minimum absolute atomic E-state index is 0.179. The first kappa shape index (κ1) is 21.1. The molecule has 1 aromatic carbocycles. The highest BCUT2D eigenvalue weighted by molar-refractivity contribution is 6.01. The Morgan fingerprint density at radius 2 is 1.83 bits per heavy atom. The molecule has 3 saturated heterocycles. The van der Waals surface area contributed by atoms with Gasteiger partial charge in [0.05, 0.1) is 0 Å². The van der Waals surface area contributed by atoms with Crippen molar-refractivity contribution in [1.82, 2.24) is 15.5 Å². The monoisotopic (exact) mass is 413 g/mol. The number of imide groups is 1. The molecule has 0 spiro atoms.